The third-order valence-electron chi connectivity index (χ3n) is 8.66. The third kappa shape index (κ3) is 8.99. The highest BCUT2D eigenvalue weighted by Gasteiger charge is 2.27. The minimum absolute atomic E-state index is 0.157. The van der Waals surface area contributed by atoms with Crippen LogP contribution in [0.15, 0.2) is 64.3 Å². The molecule has 1 aromatic rings. The molecule has 4 heterocycles. The number of carbonyl (C=O) groups excluding carboxylic acids is 1. The van der Waals surface area contributed by atoms with Crippen LogP contribution in [-0.2, 0) is 9.47 Å². The molecule has 10 nitrogen and oxygen atoms in total. The predicted molar refractivity (Wildman–Crippen MR) is 174 cm³/mol. The van der Waals surface area contributed by atoms with Crippen LogP contribution in [0.5, 0.6) is 0 Å². The first-order chi connectivity index (χ1) is 21.5. The highest BCUT2D eigenvalue weighted by molar-refractivity contribution is 6.07. The fraction of sp³-hybridized carbons (Fsp3) is 0.545. The van der Waals surface area contributed by atoms with E-state index < -0.39 is 0 Å². The molecule has 0 unspecified atom stereocenters. The number of piperazine rings is 1. The van der Waals surface area contributed by atoms with Crippen molar-refractivity contribution in [1.82, 2.24) is 14.7 Å². The zero-order valence-electron chi connectivity index (χ0n) is 25.9. The molecule has 0 atom stereocenters. The molecule has 4 aliphatic rings. The molecule has 11 heteroatoms. The summed E-state index contributed by atoms with van der Waals surface area (Å²) >= 11 is 0. The normalized spacial score (nSPS) is 23.1. The van der Waals surface area contributed by atoms with Crippen LogP contribution in [0.25, 0.3) is 0 Å². The quantitative estimate of drug-likeness (QED) is 0.450. The van der Waals surface area contributed by atoms with Crippen LogP contribution >= 0.6 is 0 Å². The van der Waals surface area contributed by atoms with Gasteiger partial charge in [0.25, 0.3) is 0 Å². The molecule has 44 heavy (non-hydrogen) atoms. The molecule has 1 N–H and O–H groups in total. The molecule has 3 fully saturated rings. The molecule has 3 saturated heterocycles. The van der Waals surface area contributed by atoms with E-state index in [1.165, 1.54) is 6.07 Å². The molecule has 0 bridgehead atoms. The Labute approximate surface area is 260 Å². The Morgan fingerprint density at radius 2 is 1.86 bits per heavy atom. The summed E-state index contributed by atoms with van der Waals surface area (Å²) in [5, 5.41) is 2.86. The van der Waals surface area contributed by atoms with Crippen molar-refractivity contribution in [3.8, 4) is 0 Å². The van der Waals surface area contributed by atoms with Gasteiger partial charge in [-0.15, -0.1) is 0 Å². The van der Waals surface area contributed by atoms with Gasteiger partial charge in [0.2, 0.25) is 0 Å². The number of rotatable bonds is 8. The number of nitrogens with zero attached hydrogens (tertiary/aromatic N) is 6. The summed E-state index contributed by atoms with van der Waals surface area (Å²) in [7, 11) is 2.17. The number of ether oxygens (including phenoxy) is 2. The maximum atomic E-state index is 14.8. The lowest BCUT2D eigenvalue weighted by Gasteiger charge is -2.33. The van der Waals surface area contributed by atoms with Crippen LogP contribution in [0.4, 0.5) is 20.6 Å². The number of allylic oxidation sites excluding steroid dienone is 3. The van der Waals surface area contributed by atoms with Crippen LogP contribution in [0.3, 0.4) is 0 Å². The Hall–Kier alpha value is -3.54. The average molecular weight is 608 g/mol. The highest BCUT2D eigenvalue weighted by atomic mass is 19.1. The maximum absolute atomic E-state index is 14.8. The lowest BCUT2D eigenvalue weighted by molar-refractivity contribution is 0.122. The van der Waals surface area contributed by atoms with E-state index in [1.807, 2.05) is 23.1 Å². The van der Waals surface area contributed by atoms with Gasteiger partial charge in [-0.05, 0) is 62.2 Å². The van der Waals surface area contributed by atoms with Gasteiger partial charge in [-0.3, -0.25) is 4.99 Å². The first-order valence-electron chi connectivity index (χ1n) is 15.8. The van der Waals surface area contributed by atoms with E-state index in [4.69, 9.17) is 9.47 Å². The molecule has 0 spiro atoms. The number of likely N-dealkylation sites (tertiary alicyclic amines) is 1. The maximum Gasteiger partial charge on any atom is 0.321 e. The Balaban J connectivity index is 1.08. The van der Waals surface area contributed by atoms with E-state index >= 15 is 0 Å². The first kappa shape index (κ1) is 31.9. The van der Waals surface area contributed by atoms with Crippen molar-refractivity contribution in [2.24, 2.45) is 15.9 Å². The van der Waals surface area contributed by atoms with Gasteiger partial charge in [-0.1, -0.05) is 12.7 Å². The Bertz CT molecular complexity index is 1260. The zero-order chi connectivity index (χ0) is 30.7. The molecular weight excluding hydrogens is 561 g/mol. The van der Waals surface area contributed by atoms with Crippen molar-refractivity contribution in [2.75, 3.05) is 103 Å². The van der Waals surface area contributed by atoms with E-state index in [1.54, 1.807) is 23.4 Å². The molecule has 1 aromatic carbocycles. The number of halogens is 1. The van der Waals surface area contributed by atoms with E-state index in [9.17, 15) is 9.18 Å². The number of amides is 2. The van der Waals surface area contributed by atoms with Crippen molar-refractivity contribution in [3.63, 3.8) is 0 Å². The Morgan fingerprint density at radius 1 is 1.09 bits per heavy atom. The minimum atomic E-state index is -0.347. The fourth-order valence-corrected chi connectivity index (χ4v) is 5.94. The number of aliphatic imine (C=N–C) groups is 2. The largest absolute Gasteiger partial charge is 0.494 e. The SMILES string of the molecule is C=C1/C=C\C(OCCCN2CCN(C)CC2)=C/CN=CN=C1C1CCN(C(=O)Nc2ccc(N3CCOCC3)c(F)c2)CC1. The average Bonchev–Trinajstić information content (AvgIpc) is 3.04. The van der Waals surface area contributed by atoms with Gasteiger partial charge >= 0.3 is 6.03 Å². The van der Waals surface area contributed by atoms with Gasteiger partial charge in [0.1, 0.15) is 17.9 Å². The molecule has 5 rings (SSSR count). The number of likely N-dealkylation sites (N-methyl/N-ethyl adjacent to an activating group) is 1. The van der Waals surface area contributed by atoms with Gasteiger partial charge in [-0.2, -0.15) is 0 Å². The lowest BCUT2D eigenvalue weighted by atomic mass is 9.88. The summed E-state index contributed by atoms with van der Waals surface area (Å²) in [4.78, 5) is 30.7. The number of morpholine rings is 1. The van der Waals surface area contributed by atoms with E-state index in [0.29, 0.717) is 63.9 Å². The van der Waals surface area contributed by atoms with Crippen LogP contribution < -0.4 is 10.2 Å². The first-order valence-corrected chi connectivity index (χ1v) is 15.8. The van der Waals surface area contributed by atoms with Crippen molar-refractivity contribution < 1.29 is 18.7 Å². The number of piperidine rings is 1. The number of urea groups is 1. The number of hydrogen-bond donors (Lipinski definition) is 1. The molecular formula is C33H46FN7O3. The van der Waals surface area contributed by atoms with Crippen LogP contribution in [0, 0.1) is 11.7 Å². The van der Waals surface area contributed by atoms with E-state index in [2.05, 4.69) is 38.7 Å². The second-order valence-corrected chi connectivity index (χ2v) is 11.8. The summed E-state index contributed by atoms with van der Waals surface area (Å²) in [6.07, 6.45) is 9.99. The number of carbonyl (C=O) groups is 1. The molecule has 238 valence electrons. The third-order valence-corrected chi connectivity index (χ3v) is 8.66. The van der Waals surface area contributed by atoms with Gasteiger partial charge < -0.3 is 34.4 Å². The van der Waals surface area contributed by atoms with Crippen molar-refractivity contribution in [1.29, 1.82) is 0 Å². The number of hydrogen-bond acceptors (Lipinski definition) is 8. The molecule has 0 aliphatic carbocycles. The number of benzene rings is 1. The van der Waals surface area contributed by atoms with Gasteiger partial charge in [0.15, 0.2) is 0 Å². The molecule has 0 aromatic heterocycles. The number of nitrogens with one attached hydrogen (secondary N) is 1. The van der Waals surface area contributed by atoms with Gasteiger partial charge in [-0.25, -0.2) is 14.2 Å². The zero-order valence-corrected chi connectivity index (χ0v) is 25.9. The van der Waals surface area contributed by atoms with Crippen LogP contribution in [0.2, 0.25) is 0 Å². The summed E-state index contributed by atoms with van der Waals surface area (Å²) in [6, 6.07) is 4.64. The predicted octanol–water partition coefficient (Wildman–Crippen LogP) is 4.04. The van der Waals surface area contributed by atoms with Crippen LogP contribution in [-0.4, -0.2) is 125 Å². The monoisotopic (exact) mass is 607 g/mol. The molecule has 0 radical (unpaired) electrons. The van der Waals surface area contributed by atoms with E-state index in [0.717, 1.165) is 69.0 Å². The van der Waals surface area contributed by atoms with Crippen molar-refractivity contribution in [3.05, 3.63) is 60.2 Å². The van der Waals surface area contributed by atoms with Crippen molar-refractivity contribution in [2.45, 2.75) is 19.3 Å². The number of anilines is 2. The molecule has 4 aliphatic heterocycles. The summed E-state index contributed by atoms with van der Waals surface area (Å²) in [5.41, 5.74) is 2.70. The second kappa shape index (κ2) is 16.0. The second-order valence-electron chi connectivity index (χ2n) is 11.8. The minimum Gasteiger partial charge on any atom is -0.494 e. The highest BCUT2D eigenvalue weighted by Crippen LogP contribution is 2.26. The standard InChI is InChI=1S/C33H46FN7O3/c1-26-4-6-29(44-21-3-12-39-17-15-38(2)16-18-39)8-11-35-25-36-32(26)27-9-13-41(14-10-27)33(42)37-28-5-7-31(30(34)24-28)40-19-22-43-23-20-40/h4-8,24-25,27H,1,3,9-23H2,2H3,(H,37,42)/b6-4-,29-8+,35-25?,36-32?. The van der Waals surface area contributed by atoms with Crippen LogP contribution in [0.1, 0.15) is 19.3 Å². The molecule has 0 saturated carbocycles. The Morgan fingerprint density at radius 3 is 2.61 bits per heavy atom. The van der Waals surface area contributed by atoms with Gasteiger partial charge in [0.05, 0.1) is 37.8 Å². The summed E-state index contributed by atoms with van der Waals surface area (Å²) in [5.74, 6) is 0.604. The lowest BCUT2D eigenvalue weighted by Crippen LogP contribution is -2.44. The summed E-state index contributed by atoms with van der Waals surface area (Å²) < 4.78 is 26.3. The Kier molecular flexibility index (Phi) is 11.6. The molecule has 2 amide bonds. The van der Waals surface area contributed by atoms with Gasteiger partial charge in [0, 0.05) is 70.5 Å². The smallest absolute Gasteiger partial charge is 0.321 e. The van der Waals surface area contributed by atoms with E-state index in [-0.39, 0.29) is 17.8 Å². The van der Waals surface area contributed by atoms with Crippen molar-refractivity contribution >= 4 is 29.5 Å². The summed E-state index contributed by atoms with van der Waals surface area (Å²) in [6.45, 7) is 14.6. The topological polar surface area (TPSA) is 85.2 Å². The fourth-order valence-electron chi connectivity index (χ4n) is 5.94.